The van der Waals surface area contributed by atoms with E-state index in [-0.39, 0.29) is 6.03 Å². The largest absolute Gasteiger partial charge is 0.338 e. The maximum atomic E-state index is 11.7. The molecular formula is C11H23N3O. The molecule has 0 radical (unpaired) electrons. The van der Waals surface area contributed by atoms with Gasteiger partial charge in [-0.05, 0) is 26.3 Å². The van der Waals surface area contributed by atoms with Gasteiger partial charge in [0.1, 0.15) is 0 Å². The summed E-state index contributed by atoms with van der Waals surface area (Å²) in [6.45, 7) is 4.69. The first kappa shape index (κ1) is 12.3. The predicted octanol–water partition coefficient (Wildman–Crippen LogP) is 1.18. The van der Waals surface area contributed by atoms with Crippen molar-refractivity contribution >= 4 is 6.03 Å². The van der Waals surface area contributed by atoms with Crippen LogP contribution in [0.3, 0.4) is 0 Å². The SMILES string of the molecule is CCCCNC(=O)N1CCC(NC)CC1. The molecule has 0 aliphatic carbocycles. The predicted molar refractivity (Wildman–Crippen MR) is 62.0 cm³/mol. The van der Waals surface area contributed by atoms with Crippen molar-refractivity contribution in [3.8, 4) is 0 Å². The third kappa shape index (κ3) is 4.08. The molecule has 0 aromatic carbocycles. The third-order valence-corrected chi connectivity index (χ3v) is 3.00. The van der Waals surface area contributed by atoms with E-state index in [1.807, 2.05) is 11.9 Å². The van der Waals surface area contributed by atoms with Crippen LogP contribution in [0.1, 0.15) is 32.6 Å². The number of urea groups is 1. The van der Waals surface area contributed by atoms with Gasteiger partial charge in [-0.1, -0.05) is 13.3 Å². The fourth-order valence-electron chi connectivity index (χ4n) is 1.86. The molecule has 15 heavy (non-hydrogen) atoms. The van der Waals surface area contributed by atoms with Crippen molar-refractivity contribution in [1.29, 1.82) is 0 Å². The number of likely N-dealkylation sites (tertiary alicyclic amines) is 1. The summed E-state index contributed by atoms with van der Waals surface area (Å²) < 4.78 is 0. The zero-order chi connectivity index (χ0) is 11.1. The minimum Gasteiger partial charge on any atom is -0.338 e. The van der Waals surface area contributed by atoms with E-state index in [1.54, 1.807) is 0 Å². The van der Waals surface area contributed by atoms with Crippen LogP contribution >= 0.6 is 0 Å². The molecule has 0 bridgehead atoms. The molecule has 88 valence electrons. The highest BCUT2D eigenvalue weighted by atomic mass is 16.2. The molecule has 0 aromatic heterocycles. The molecule has 2 amide bonds. The molecule has 1 heterocycles. The second-order valence-electron chi connectivity index (χ2n) is 4.14. The van der Waals surface area contributed by atoms with Crippen molar-refractivity contribution in [3.05, 3.63) is 0 Å². The van der Waals surface area contributed by atoms with Crippen LogP contribution in [0.5, 0.6) is 0 Å². The number of hydrogen-bond donors (Lipinski definition) is 2. The number of hydrogen-bond acceptors (Lipinski definition) is 2. The zero-order valence-electron chi connectivity index (χ0n) is 9.88. The van der Waals surface area contributed by atoms with Gasteiger partial charge in [0.15, 0.2) is 0 Å². The van der Waals surface area contributed by atoms with E-state index in [2.05, 4.69) is 17.6 Å². The van der Waals surface area contributed by atoms with Gasteiger partial charge in [-0.2, -0.15) is 0 Å². The van der Waals surface area contributed by atoms with Crippen LogP contribution in [0.25, 0.3) is 0 Å². The number of carbonyl (C=O) groups is 1. The molecule has 4 heteroatoms. The highest BCUT2D eigenvalue weighted by molar-refractivity contribution is 5.74. The Hall–Kier alpha value is -0.770. The van der Waals surface area contributed by atoms with Gasteiger partial charge in [0.05, 0.1) is 0 Å². The summed E-state index contributed by atoms with van der Waals surface area (Å²) in [5.74, 6) is 0. The second-order valence-corrected chi connectivity index (χ2v) is 4.14. The molecule has 0 spiro atoms. The number of unbranched alkanes of at least 4 members (excludes halogenated alkanes) is 1. The van der Waals surface area contributed by atoms with Gasteiger partial charge in [-0.3, -0.25) is 0 Å². The van der Waals surface area contributed by atoms with Gasteiger partial charge in [-0.15, -0.1) is 0 Å². The van der Waals surface area contributed by atoms with Crippen molar-refractivity contribution in [2.24, 2.45) is 0 Å². The highest BCUT2D eigenvalue weighted by Gasteiger charge is 2.20. The molecule has 2 N–H and O–H groups in total. The first-order valence-electron chi connectivity index (χ1n) is 5.98. The van der Waals surface area contributed by atoms with Gasteiger partial charge < -0.3 is 15.5 Å². The topological polar surface area (TPSA) is 44.4 Å². The Kier molecular flexibility index (Phi) is 5.47. The Labute approximate surface area is 92.4 Å². The number of nitrogens with one attached hydrogen (secondary N) is 2. The van der Waals surface area contributed by atoms with Crippen LogP contribution in [0, 0.1) is 0 Å². The normalized spacial score (nSPS) is 17.9. The Balaban J connectivity index is 2.18. The molecule has 1 fully saturated rings. The Bertz CT molecular complexity index is 188. The van der Waals surface area contributed by atoms with Crippen LogP contribution in [0.4, 0.5) is 4.79 Å². The monoisotopic (exact) mass is 213 g/mol. The average molecular weight is 213 g/mol. The minimum atomic E-state index is 0.109. The van der Waals surface area contributed by atoms with Crippen molar-refractivity contribution in [3.63, 3.8) is 0 Å². The number of nitrogens with zero attached hydrogens (tertiary/aromatic N) is 1. The van der Waals surface area contributed by atoms with Crippen molar-refractivity contribution < 1.29 is 4.79 Å². The lowest BCUT2D eigenvalue weighted by Gasteiger charge is -2.31. The number of piperidine rings is 1. The van der Waals surface area contributed by atoms with Crippen molar-refractivity contribution in [1.82, 2.24) is 15.5 Å². The molecule has 4 nitrogen and oxygen atoms in total. The molecule has 0 atom stereocenters. The van der Waals surface area contributed by atoms with E-state index < -0.39 is 0 Å². The highest BCUT2D eigenvalue weighted by Crippen LogP contribution is 2.09. The molecule has 1 saturated heterocycles. The molecule has 1 aliphatic heterocycles. The van der Waals surface area contributed by atoms with Crippen molar-refractivity contribution in [2.75, 3.05) is 26.7 Å². The molecule has 1 rings (SSSR count). The summed E-state index contributed by atoms with van der Waals surface area (Å²) in [4.78, 5) is 13.6. The Morgan fingerprint density at radius 1 is 1.40 bits per heavy atom. The summed E-state index contributed by atoms with van der Waals surface area (Å²) >= 11 is 0. The first-order chi connectivity index (χ1) is 7.27. The van der Waals surface area contributed by atoms with E-state index in [4.69, 9.17) is 0 Å². The lowest BCUT2D eigenvalue weighted by atomic mass is 10.1. The van der Waals surface area contributed by atoms with Crippen molar-refractivity contribution in [2.45, 2.75) is 38.6 Å². The first-order valence-corrected chi connectivity index (χ1v) is 5.98. The molecular weight excluding hydrogens is 190 g/mol. The Morgan fingerprint density at radius 2 is 2.07 bits per heavy atom. The molecule has 0 aromatic rings. The molecule has 1 aliphatic rings. The number of carbonyl (C=O) groups excluding carboxylic acids is 1. The maximum absolute atomic E-state index is 11.7. The third-order valence-electron chi connectivity index (χ3n) is 3.00. The lowest BCUT2D eigenvalue weighted by Crippen LogP contribution is -2.48. The average Bonchev–Trinajstić information content (AvgIpc) is 2.29. The van der Waals surface area contributed by atoms with E-state index in [9.17, 15) is 4.79 Å². The summed E-state index contributed by atoms with van der Waals surface area (Å²) in [5, 5.41) is 6.21. The van der Waals surface area contributed by atoms with E-state index >= 15 is 0 Å². The van der Waals surface area contributed by atoms with Gasteiger partial charge in [0.2, 0.25) is 0 Å². The quantitative estimate of drug-likeness (QED) is 0.689. The van der Waals surface area contributed by atoms with Gasteiger partial charge in [0.25, 0.3) is 0 Å². The lowest BCUT2D eigenvalue weighted by molar-refractivity contribution is 0.178. The minimum absolute atomic E-state index is 0.109. The van der Waals surface area contributed by atoms with Gasteiger partial charge >= 0.3 is 6.03 Å². The second kappa shape index (κ2) is 6.67. The van der Waals surface area contributed by atoms with Crippen LogP contribution < -0.4 is 10.6 Å². The summed E-state index contributed by atoms with van der Waals surface area (Å²) in [6, 6.07) is 0.697. The van der Waals surface area contributed by atoms with Gasteiger partial charge in [-0.25, -0.2) is 4.79 Å². The van der Waals surface area contributed by atoms with Crippen LogP contribution in [-0.4, -0.2) is 43.7 Å². The summed E-state index contributed by atoms with van der Waals surface area (Å²) in [5.41, 5.74) is 0. The van der Waals surface area contributed by atoms with Crippen LogP contribution in [-0.2, 0) is 0 Å². The van der Waals surface area contributed by atoms with E-state index in [1.165, 1.54) is 0 Å². The number of rotatable bonds is 4. The maximum Gasteiger partial charge on any atom is 0.317 e. The smallest absolute Gasteiger partial charge is 0.317 e. The van der Waals surface area contributed by atoms with E-state index in [0.717, 1.165) is 45.3 Å². The van der Waals surface area contributed by atoms with E-state index in [0.29, 0.717) is 6.04 Å². The summed E-state index contributed by atoms with van der Waals surface area (Å²) in [6.07, 6.45) is 4.33. The van der Waals surface area contributed by atoms with Crippen LogP contribution in [0.2, 0.25) is 0 Å². The van der Waals surface area contributed by atoms with Crippen LogP contribution in [0.15, 0.2) is 0 Å². The number of amides is 2. The Morgan fingerprint density at radius 3 is 2.60 bits per heavy atom. The standard InChI is InChI=1S/C11H23N3O/c1-3-4-7-13-11(15)14-8-5-10(12-2)6-9-14/h10,12H,3-9H2,1-2H3,(H,13,15). The fourth-order valence-corrected chi connectivity index (χ4v) is 1.86. The summed E-state index contributed by atoms with van der Waals surface area (Å²) in [7, 11) is 1.99. The molecule has 0 unspecified atom stereocenters. The fraction of sp³-hybridized carbons (Fsp3) is 0.909. The van der Waals surface area contributed by atoms with Gasteiger partial charge in [0, 0.05) is 25.7 Å². The zero-order valence-corrected chi connectivity index (χ0v) is 9.88. The molecule has 0 saturated carbocycles.